The van der Waals surface area contributed by atoms with Crippen molar-refractivity contribution in [2.45, 2.75) is 19.4 Å². The van der Waals surface area contributed by atoms with Gasteiger partial charge < -0.3 is 10.6 Å². The van der Waals surface area contributed by atoms with E-state index in [1.165, 1.54) is 11.3 Å². The van der Waals surface area contributed by atoms with E-state index < -0.39 is 0 Å². The van der Waals surface area contributed by atoms with E-state index in [2.05, 4.69) is 6.92 Å². The van der Waals surface area contributed by atoms with E-state index in [0.717, 1.165) is 34.8 Å². The molecule has 4 rings (SSSR count). The molecule has 1 fully saturated rings. The average Bonchev–Trinajstić information content (AvgIpc) is 3.33. The van der Waals surface area contributed by atoms with Crippen LogP contribution in [0.25, 0.3) is 21.8 Å². The molecule has 2 heterocycles. The second-order valence-corrected chi connectivity index (χ2v) is 8.07. The van der Waals surface area contributed by atoms with Gasteiger partial charge in [-0.3, -0.25) is 4.79 Å². The lowest BCUT2D eigenvalue weighted by atomic mass is 10.1. The summed E-state index contributed by atoms with van der Waals surface area (Å²) in [7, 11) is 0. The first-order chi connectivity index (χ1) is 13.2. The number of nitrogens with zero attached hydrogens (tertiary/aromatic N) is 2. The molecule has 5 heteroatoms. The van der Waals surface area contributed by atoms with Gasteiger partial charge in [-0.25, -0.2) is 4.98 Å². The number of thiazole rings is 1. The predicted octanol–water partition coefficient (Wildman–Crippen LogP) is 4.29. The lowest BCUT2D eigenvalue weighted by Gasteiger charge is -2.21. The third-order valence-electron chi connectivity index (χ3n) is 5.14. The Morgan fingerprint density at radius 2 is 1.74 bits per heavy atom. The highest BCUT2D eigenvalue weighted by Gasteiger charge is 2.34. The van der Waals surface area contributed by atoms with Gasteiger partial charge in [0, 0.05) is 23.7 Å². The Hall–Kier alpha value is -2.50. The molecule has 0 radical (unpaired) electrons. The van der Waals surface area contributed by atoms with E-state index in [9.17, 15) is 4.79 Å². The Balaban J connectivity index is 1.77. The van der Waals surface area contributed by atoms with Crippen LogP contribution in [0, 0.1) is 5.92 Å². The Morgan fingerprint density at radius 3 is 2.33 bits per heavy atom. The van der Waals surface area contributed by atoms with Crippen LogP contribution in [-0.2, 0) is 0 Å². The van der Waals surface area contributed by atoms with E-state index in [1.54, 1.807) is 0 Å². The molecule has 1 aliphatic heterocycles. The molecule has 1 aromatic heterocycles. The van der Waals surface area contributed by atoms with Crippen molar-refractivity contribution in [2.24, 2.45) is 11.7 Å². The number of hydrogen-bond donors (Lipinski definition) is 1. The van der Waals surface area contributed by atoms with Gasteiger partial charge in [-0.1, -0.05) is 60.7 Å². The summed E-state index contributed by atoms with van der Waals surface area (Å²) in [6, 6.07) is 20.2. The van der Waals surface area contributed by atoms with Crippen LogP contribution >= 0.6 is 11.3 Å². The summed E-state index contributed by atoms with van der Waals surface area (Å²) in [5, 5.41) is 0.875. The highest BCUT2D eigenvalue weighted by molar-refractivity contribution is 7.17. The number of aromatic nitrogens is 1. The van der Waals surface area contributed by atoms with Crippen molar-refractivity contribution in [2.75, 3.05) is 13.1 Å². The Morgan fingerprint density at radius 1 is 1.11 bits per heavy atom. The van der Waals surface area contributed by atoms with E-state index in [0.29, 0.717) is 17.3 Å². The van der Waals surface area contributed by atoms with Crippen LogP contribution in [0.4, 0.5) is 0 Å². The fourth-order valence-corrected chi connectivity index (χ4v) is 4.74. The molecule has 4 nitrogen and oxygen atoms in total. The SMILES string of the molecule is CC1CC(CN)CN1C(=O)c1sc(-c2ccccc2)nc1-c1ccccc1. The largest absolute Gasteiger partial charge is 0.335 e. The van der Waals surface area contributed by atoms with Crippen LogP contribution in [0.2, 0.25) is 0 Å². The molecule has 1 aliphatic rings. The van der Waals surface area contributed by atoms with E-state index in [-0.39, 0.29) is 11.9 Å². The summed E-state index contributed by atoms with van der Waals surface area (Å²) in [6.07, 6.45) is 0.966. The molecule has 0 bridgehead atoms. The fourth-order valence-electron chi connectivity index (χ4n) is 3.69. The van der Waals surface area contributed by atoms with Crippen LogP contribution in [-0.4, -0.2) is 34.9 Å². The van der Waals surface area contributed by atoms with E-state index in [4.69, 9.17) is 10.7 Å². The van der Waals surface area contributed by atoms with Crippen LogP contribution in [0.15, 0.2) is 60.7 Å². The van der Waals surface area contributed by atoms with Gasteiger partial charge in [-0.15, -0.1) is 11.3 Å². The molecule has 1 saturated heterocycles. The van der Waals surface area contributed by atoms with Crippen molar-refractivity contribution in [1.82, 2.24) is 9.88 Å². The normalized spacial score (nSPS) is 19.4. The van der Waals surface area contributed by atoms with Crippen molar-refractivity contribution >= 4 is 17.2 Å². The second kappa shape index (κ2) is 7.62. The maximum atomic E-state index is 13.4. The van der Waals surface area contributed by atoms with Crippen LogP contribution in [0.1, 0.15) is 23.0 Å². The third kappa shape index (κ3) is 3.53. The lowest BCUT2D eigenvalue weighted by molar-refractivity contribution is 0.0749. The van der Waals surface area contributed by atoms with Gasteiger partial charge >= 0.3 is 0 Å². The molecule has 2 N–H and O–H groups in total. The molecule has 0 aliphatic carbocycles. The molecule has 2 unspecified atom stereocenters. The zero-order chi connectivity index (χ0) is 18.8. The maximum absolute atomic E-state index is 13.4. The number of hydrogen-bond acceptors (Lipinski definition) is 4. The summed E-state index contributed by atoms with van der Waals surface area (Å²) in [6.45, 7) is 3.45. The summed E-state index contributed by atoms with van der Waals surface area (Å²) < 4.78 is 0. The smallest absolute Gasteiger partial charge is 0.266 e. The highest BCUT2D eigenvalue weighted by Crippen LogP contribution is 2.36. The van der Waals surface area contributed by atoms with Crippen LogP contribution < -0.4 is 5.73 Å². The third-order valence-corrected chi connectivity index (χ3v) is 6.24. The van der Waals surface area contributed by atoms with Gasteiger partial charge in [-0.2, -0.15) is 0 Å². The number of likely N-dealkylation sites (tertiary alicyclic amines) is 1. The van der Waals surface area contributed by atoms with Crippen molar-refractivity contribution in [1.29, 1.82) is 0 Å². The maximum Gasteiger partial charge on any atom is 0.266 e. The molecule has 27 heavy (non-hydrogen) atoms. The minimum atomic E-state index is 0.0667. The molecular formula is C22H23N3OS. The van der Waals surface area contributed by atoms with Crippen molar-refractivity contribution < 1.29 is 4.79 Å². The van der Waals surface area contributed by atoms with E-state index >= 15 is 0 Å². The van der Waals surface area contributed by atoms with Gasteiger partial charge in [0.2, 0.25) is 0 Å². The highest BCUT2D eigenvalue weighted by atomic mass is 32.1. The quantitative estimate of drug-likeness (QED) is 0.738. The number of benzene rings is 2. The number of carbonyl (C=O) groups is 1. The summed E-state index contributed by atoms with van der Waals surface area (Å²) in [5.41, 5.74) is 8.63. The van der Waals surface area contributed by atoms with Crippen molar-refractivity contribution in [3.8, 4) is 21.8 Å². The Labute approximate surface area is 163 Å². The lowest BCUT2D eigenvalue weighted by Crippen LogP contribution is -2.34. The molecule has 2 atom stereocenters. The molecule has 138 valence electrons. The van der Waals surface area contributed by atoms with Gasteiger partial charge in [0.25, 0.3) is 5.91 Å². The number of carbonyl (C=O) groups excluding carboxylic acids is 1. The van der Waals surface area contributed by atoms with Crippen LogP contribution in [0.3, 0.4) is 0 Å². The van der Waals surface area contributed by atoms with Gasteiger partial charge in [-0.05, 0) is 25.8 Å². The van der Waals surface area contributed by atoms with E-state index in [1.807, 2.05) is 65.6 Å². The zero-order valence-corrected chi connectivity index (χ0v) is 16.2. The minimum Gasteiger partial charge on any atom is -0.335 e. The van der Waals surface area contributed by atoms with Gasteiger partial charge in [0.05, 0.1) is 5.69 Å². The molecular weight excluding hydrogens is 354 g/mol. The van der Waals surface area contributed by atoms with Gasteiger partial charge in [0.15, 0.2) is 0 Å². The topological polar surface area (TPSA) is 59.2 Å². The summed E-state index contributed by atoms with van der Waals surface area (Å²) >= 11 is 1.48. The second-order valence-electron chi connectivity index (χ2n) is 7.07. The minimum absolute atomic E-state index is 0.0667. The molecule has 0 saturated carbocycles. The molecule has 1 amide bonds. The summed E-state index contributed by atoms with van der Waals surface area (Å²) in [4.78, 5) is 20.9. The first kappa shape index (κ1) is 17.9. The Kier molecular flexibility index (Phi) is 5.05. The predicted molar refractivity (Wildman–Crippen MR) is 111 cm³/mol. The fraction of sp³-hybridized carbons (Fsp3) is 0.273. The van der Waals surface area contributed by atoms with Gasteiger partial charge in [0.1, 0.15) is 9.88 Å². The standard InChI is InChI=1S/C22H23N3OS/c1-15-12-16(13-23)14-25(15)22(26)20-19(17-8-4-2-5-9-17)24-21(27-20)18-10-6-3-7-11-18/h2-11,15-16H,12-14,23H2,1H3. The Bertz CT molecular complexity index is 923. The molecule has 0 spiro atoms. The van der Waals surface area contributed by atoms with Crippen molar-refractivity contribution in [3.05, 3.63) is 65.5 Å². The molecule has 2 aromatic carbocycles. The average molecular weight is 378 g/mol. The molecule has 3 aromatic rings. The number of rotatable bonds is 4. The summed E-state index contributed by atoms with van der Waals surface area (Å²) in [5.74, 6) is 0.447. The zero-order valence-electron chi connectivity index (χ0n) is 15.3. The number of nitrogens with two attached hydrogens (primary N) is 1. The van der Waals surface area contributed by atoms with Crippen molar-refractivity contribution in [3.63, 3.8) is 0 Å². The monoisotopic (exact) mass is 377 g/mol. The first-order valence-corrected chi connectivity index (χ1v) is 10.1. The number of amides is 1. The van der Waals surface area contributed by atoms with Crippen LogP contribution in [0.5, 0.6) is 0 Å². The first-order valence-electron chi connectivity index (χ1n) is 9.30.